The van der Waals surface area contributed by atoms with Crippen LogP contribution < -0.4 is 14.4 Å². The van der Waals surface area contributed by atoms with Gasteiger partial charge in [0.15, 0.2) is 0 Å². The van der Waals surface area contributed by atoms with Crippen molar-refractivity contribution in [3.05, 3.63) is 90.5 Å². The topological polar surface area (TPSA) is 75.7 Å². The quantitative estimate of drug-likeness (QED) is 0.466. The Labute approximate surface area is 196 Å². The van der Waals surface area contributed by atoms with E-state index in [9.17, 15) is 13.2 Å². The lowest BCUT2D eigenvalue weighted by atomic mass is 9.97. The van der Waals surface area contributed by atoms with Gasteiger partial charge in [-0.2, -0.15) is 0 Å². The number of methoxy groups -OCH3 is 1. The lowest BCUT2D eigenvalue weighted by molar-refractivity contribution is -0.120. The van der Waals surface area contributed by atoms with E-state index in [1.54, 1.807) is 55.6 Å². The lowest BCUT2D eigenvalue weighted by Gasteiger charge is -2.26. The van der Waals surface area contributed by atoms with Gasteiger partial charge in [0.05, 0.1) is 23.7 Å². The third kappa shape index (κ3) is 6.35. The molecule has 1 amide bonds. The number of benzene rings is 3. The molecule has 174 valence electrons. The van der Waals surface area contributed by atoms with Crippen molar-refractivity contribution >= 4 is 21.6 Å². The molecule has 3 aromatic rings. The van der Waals surface area contributed by atoms with Crippen LogP contribution >= 0.6 is 0 Å². The number of rotatable bonds is 10. The number of hydrogen-bond acceptors (Lipinski definition) is 4. The van der Waals surface area contributed by atoms with Gasteiger partial charge in [-0.05, 0) is 54.3 Å². The van der Waals surface area contributed by atoms with E-state index in [4.69, 9.17) is 4.74 Å². The zero-order valence-electron chi connectivity index (χ0n) is 19.1. The molecule has 0 aliphatic rings. The van der Waals surface area contributed by atoms with Crippen molar-refractivity contribution in [3.63, 3.8) is 0 Å². The summed E-state index contributed by atoms with van der Waals surface area (Å²) in [7, 11) is -2.32. The molecule has 1 atom stereocenters. The van der Waals surface area contributed by atoms with Crippen molar-refractivity contribution in [2.45, 2.75) is 31.2 Å². The molecule has 7 heteroatoms. The SMILES string of the molecule is COc1ccc([C@H](CC(C)C)NC(=O)CN(c2ccccc2)S(=O)(=O)c2ccccc2)cc1. The average Bonchev–Trinajstić information content (AvgIpc) is 2.83. The summed E-state index contributed by atoms with van der Waals surface area (Å²) in [5.41, 5.74) is 1.37. The Balaban J connectivity index is 1.87. The van der Waals surface area contributed by atoms with Gasteiger partial charge in [-0.25, -0.2) is 8.42 Å². The molecule has 0 heterocycles. The Bertz CT molecular complexity index is 1130. The predicted molar refractivity (Wildman–Crippen MR) is 131 cm³/mol. The molecule has 0 saturated carbocycles. The lowest BCUT2D eigenvalue weighted by Crippen LogP contribution is -2.42. The van der Waals surface area contributed by atoms with Gasteiger partial charge in [-0.1, -0.05) is 62.4 Å². The molecule has 0 aromatic heterocycles. The number of para-hydroxylation sites is 1. The van der Waals surface area contributed by atoms with E-state index >= 15 is 0 Å². The van der Waals surface area contributed by atoms with Gasteiger partial charge in [0.1, 0.15) is 12.3 Å². The summed E-state index contributed by atoms with van der Waals surface area (Å²) in [5, 5.41) is 3.04. The summed E-state index contributed by atoms with van der Waals surface area (Å²) in [6, 6.07) is 24.1. The summed E-state index contributed by atoms with van der Waals surface area (Å²) in [5.74, 6) is 0.688. The number of carbonyl (C=O) groups excluding carboxylic acids is 1. The molecule has 0 saturated heterocycles. The smallest absolute Gasteiger partial charge is 0.264 e. The van der Waals surface area contributed by atoms with Crippen LogP contribution in [0.2, 0.25) is 0 Å². The Hall–Kier alpha value is -3.32. The van der Waals surface area contributed by atoms with Crippen LogP contribution in [0.25, 0.3) is 0 Å². The highest BCUT2D eigenvalue weighted by atomic mass is 32.2. The number of hydrogen-bond donors (Lipinski definition) is 1. The standard InChI is InChI=1S/C26H30N2O4S/c1-20(2)18-25(21-14-16-23(32-3)17-15-21)27-26(29)19-28(22-10-6-4-7-11-22)33(30,31)24-12-8-5-9-13-24/h4-17,20,25H,18-19H2,1-3H3,(H,27,29)/t25-/m0/s1. The van der Waals surface area contributed by atoms with Crippen molar-refractivity contribution in [2.24, 2.45) is 5.92 Å². The van der Waals surface area contributed by atoms with Crippen molar-refractivity contribution in [3.8, 4) is 5.75 Å². The van der Waals surface area contributed by atoms with Crippen LogP contribution in [-0.4, -0.2) is 28.0 Å². The maximum Gasteiger partial charge on any atom is 0.264 e. The summed E-state index contributed by atoms with van der Waals surface area (Å²) in [4.78, 5) is 13.3. The summed E-state index contributed by atoms with van der Waals surface area (Å²) < 4.78 is 33.2. The fourth-order valence-electron chi connectivity index (χ4n) is 3.59. The molecule has 3 aromatic carbocycles. The fraction of sp³-hybridized carbons (Fsp3) is 0.269. The van der Waals surface area contributed by atoms with Crippen LogP contribution in [0.15, 0.2) is 89.8 Å². The minimum absolute atomic E-state index is 0.135. The van der Waals surface area contributed by atoms with Gasteiger partial charge >= 0.3 is 0 Å². The first kappa shape index (κ1) is 24.3. The largest absolute Gasteiger partial charge is 0.497 e. The van der Waals surface area contributed by atoms with Crippen LogP contribution in [0.5, 0.6) is 5.75 Å². The number of amides is 1. The zero-order chi connectivity index (χ0) is 23.8. The highest BCUT2D eigenvalue weighted by molar-refractivity contribution is 7.92. The Morgan fingerprint density at radius 3 is 2.03 bits per heavy atom. The zero-order valence-corrected chi connectivity index (χ0v) is 20.0. The Morgan fingerprint density at radius 1 is 0.909 bits per heavy atom. The molecule has 0 fully saturated rings. The van der Waals surface area contributed by atoms with Gasteiger partial charge in [-0.15, -0.1) is 0 Å². The van der Waals surface area contributed by atoms with Crippen LogP contribution in [-0.2, 0) is 14.8 Å². The average molecular weight is 467 g/mol. The normalized spacial score (nSPS) is 12.2. The van der Waals surface area contributed by atoms with E-state index in [1.807, 2.05) is 24.3 Å². The number of ether oxygens (including phenoxy) is 1. The number of carbonyl (C=O) groups is 1. The number of sulfonamides is 1. The second kappa shape index (κ2) is 11.0. The molecule has 0 bridgehead atoms. The molecule has 0 aliphatic heterocycles. The third-order valence-electron chi connectivity index (χ3n) is 5.22. The van der Waals surface area contributed by atoms with Gasteiger partial charge in [-0.3, -0.25) is 9.10 Å². The fourth-order valence-corrected chi connectivity index (χ4v) is 5.03. The Kier molecular flexibility index (Phi) is 8.11. The molecule has 0 spiro atoms. The van der Waals surface area contributed by atoms with Crippen molar-refractivity contribution in [1.29, 1.82) is 0 Å². The highest BCUT2D eigenvalue weighted by Crippen LogP contribution is 2.26. The monoisotopic (exact) mass is 466 g/mol. The summed E-state index contributed by atoms with van der Waals surface area (Å²) in [6.07, 6.45) is 0.717. The van der Waals surface area contributed by atoms with Crippen molar-refractivity contribution in [2.75, 3.05) is 18.0 Å². The van der Waals surface area contributed by atoms with Crippen LogP contribution in [0.4, 0.5) is 5.69 Å². The third-order valence-corrected chi connectivity index (χ3v) is 7.01. The molecule has 0 aliphatic carbocycles. The van der Waals surface area contributed by atoms with Crippen LogP contribution in [0.1, 0.15) is 31.9 Å². The van der Waals surface area contributed by atoms with Gasteiger partial charge < -0.3 is 10.1 Å². The van der Waals surface area contributed by atoms with Crippen LogP contribution in [0.3, 0.4) is 0 Å². The van der Waals surface area contributed by atoms with Gasteiger partial charge in [0.25, 0.3) is 10.0 Å². The van der Waals surface area contributed by atoms with Crippen LogP contribution in [0, 0.1) is 5.92 Å². The van der Waals surface area contributed by atoms with E-state index in [0.29, 0.717) is 11.6 Å². The minimum atomic E-state index is -3.93. The number of anilines is 1. The molecule has 0 radical (unpaired) electrons. The maximum absolute atomic E-state index is 13.4. The first-order chi connectivity index (χ1) is 15.8. The van der Waals surface area contributed by atoms with Crippen molar-refractivity contribution in [1.82, 2.24) is 5.32 Å². The Morgan fingerprint density at radius 2 is 1.48 bits per heavy atom. The van der Waals surface area contributed by atoms with E-state index in [2.05, 4.69) is 19.2 Å². The molecular weight excluding hydrogens is 436 g/mol. The predicted octanol–water partition coefficient (Wildman–Crippen LogP) is 4.79. The maximum atomic E-state index is 13.4. The first-order valence-electron chi connectivity index (χ1n) is 10.9. The molecule has 0 unspecified atom stereocenters. The first-order valence-corrected chi connectivity index (χ1v) is 12.3. The van der Waals surface area contributed by atoms with Gasteiger partial charge in [0.2, 0.25) is 5.91 Å². The van der Waals surface area contributed by atoms with E-state index < -0.39 is 10.0 Å². The minimum Gasteiger partial charge on any atom is -0.497 e. The molecule has 1 N–H and O–H groups in total. The van der Waals surface area contributed by atoms with E-state index in [0.717, 1.165) is 22.0 Å². The molecule has 33 heavy (non-hydrogen) atoms. The molecule has 6 nitrogen and oxygen atoms in total. The molecular formula is C26H30N2O4S. The molecule has 3 rings (SSSR count). The second-order valence-electron chi connectivity index (χ2n) is 8.18. The summed E-state index contributed by atoms with van der Waals surface area (Å²) in [6.45, 7) is 3.84. The number of nitrogens with zero attached hydrogens (tertiary/aromatic N) is 1. The number of nitrogens with one attached hydrogen (secondary N) is 1. The highest BCUT2D eigenvalue weighted by Gasteiger charge is 2.28. The summed E-state index contributed by atoms with van der Waals surface area (Å²) >= 11 is 0. The van der Waals surface area contributed by atoms with Crippen molar-refractivity contribution < 1.29 is 17.9 Å². The second-order valence-corrected chi connectivity index (χ2v) is 10.0. The van der Waals surface area contributed by atoms with Gasteiger partial charge in [0, 0.05) is 0 Å². The van der Waals surface area contributed by atoms with E-state index in [-0.39, 0.29) is 23.4 Å². The van der Waals surface area contributed by atoms with E-state index in [1.165, 1.54) is 12.1 Å².